The molecule has 32 heavy (non-hydrogen) atoms. The van der Waals surface area contributed by atoms with Crippen LogP contribution in [0.5, 0.6) is 0 Å². The Bertz CT molecular complexity index is 1160. The van der Waals surface area contributed by atoms with Crippen molar-refractivity contribution in [3.05, 3.63) is 23.5 Å². The van der Waals surface area contributed by atoms with Gasteiger partial charge in [-0.3, -0.25) is 19.5 Å². The number of aromatic nitrogens is 1. The molecule has 1 aromatic rings. The number of nitrogens with zero attached hydrogens (tertiary/aromatic N) is 3. The van der Waals surface area contributed by atoms with Gasteiger partial charge in [-0.1, -0.05) is 11.8 Å². The first-order chi connectivity index (χ1) is 15.0. The highest BCUT2D eigenvalue weighted by molar-refractivity contribution is 7.92. The van der Waals surface area contributed by atoms with Crippen molar-refractivity contribution in [3.8, 4) is 23.7 Å². The van der Waals surface area contributed by atoms with Crippen LogP contribution in [0.2, 0.25) is 0 Å². The van der Waals surface area contributed by atoms with E-state index in [2.05, 4.69) is 23.7 Å². The molecule has 3 atom stereocenters. The van der Waals surface area contributed by atoms with E-state index in [4.69, 9.17) is 5.21 Å². The van der Waals surface area contributed by atoms with Crippen molar-refractivity contribution in [3.63, 3.8) is 0 Å². The normalized spacial score (nSPS) is 22.0. The second-order valence-corrected chi connectivity index (χ2v) is 10.7. The summed E-state index contributed by atoms with van der Waals surface area (Å²) in [4.78, 5) is 27.9. The molecule has 0 saturated carbocycles. The highest BCUT2D eigenvalue weighted by atomic mass is 32.2. The van der Waals surface area contributed by atoms with Crippen molar-refractivity contribution in [1.29, 1.82) is 0 Å². The van der Waals surface area contributed by atoms with Crippen molar-refractivity contribution < 1.29 is 27.6 Å². The van der Waals surface area contributed by atoms with E-state index < -0.39 is 27.2 Å². The second kappa shape index (κ2) is 8.94. The van der Waals surface area contributed by atoms with Gasteiger partial charge in [0.15, 0.2) is 14.6 Å². The first-order valence-corrected chi connectivity index (χ1v) is 11.8. The molecule has 0 bridgehead atoms. The van der Waals surface area contributed by atoms with Gasteiger partial charge in [-0.05, 0) is 38.3 Å². The molecule has 1 aromatic heterocycles. The summed E-state index contributed by atoms with van der Waals surface area (Å²) in [6, 6.07) is 1.20. The minimum Gasteiger partial charge on any atom is -0.318 e. The van der Waals surface area contributed by atoms with Crippen LogP contribution < -0.4 is 5.48 Å². The lowest BCUT2D eigenvalue weighted by Crippen LogP contribution is -2.54. The fourth-order valence-corrected chi connectivity index (χ4v) is 4.58. The molecule has 0 aromatic carbocycles. The molecular weight excluding hydrogens is 439 g/mol. The van der Waals surface area contributed by atoms with Gasteiger partial charge in [-0.2, -0.15) is 0 Å². The molecule has 2 N–H and O–H groups in total. The summed E-state index contributed by atoms with van der Waals surface area (Å²) < 4.78 is 36.5. The summed E-state index contributed by atoms with van der Waals surface area (Å²) in [7, 11) is -1.99. The molecule has 0 unspecified atom stereocenters. The van der Waals surface area contributed by atoms with Gasteiger partial charge in [-0.15, -0.1) is 0 Å². The van der Waals surface area contributed by atoms with Crippen LogP contribution >= 0.6 is 0 Å². The fourth-order valence-electron chi connectivity index (χ4n) is 3.74. The predicted molar refractivity (Wildman–Crippen MR) is 114 cm³/mol. The Kier molecular flexibility index (Phi) is 6.65. The third-order valence-electron chi connectivity index (χ3n) is 6.19. The van der Waals surface area contributed by atoms with Gasteiger partial charge in [0.25, 0.3) is 5.91 Å². The number of nitrogens with one attached hydrogen (secondary N) is 1. The van der Waals surface area contributed by atoms with Crippen LogP contribution in [0.15, 0.2) is 12.3 Å². The Labute approximate surface area is 186 Å². The zero-order valence-corrected chi connectivity index (χ0v) is 18.9. The summed E-state index contributed by atoms with van der Waals surface area (Å²) in [6.07, 6.45) is 2.31. The Hall–Kier alpha value is -2.86. The van der Waals surface area contributed by atoms with Gasteiger partial charge in [0, 0.05) is 36.8 Å². The van der Waals surface area contributed by atoms with Crippen LogP contribution in [0.25, 0.3) is 0 Å². The highest BCUT2D eigenvalue weighted by Gasteiger charge is 2.44. The van der Waals surface area contributed by atoms with Crippen molar-refractivity contribution in [2.75, 3.05) is 33.1 Å². The number of hydrogen-bond donors (Lipinski definition) is 2. The molecule has 0 spiro atoms. The summed E-state index contributed by atoms with van der Waals surface area (Å²) in [5.74, 6) is 10.2. The maximum absolute atomic E-state index is 12.9. The smallest absolute Gasteiger partial charge is 0.318 e. The number of alkyl halides is 1. The van der Waals surface area contributed by atoms with Gasteiger partial charge in [0.05, 0.1) is 18.5 Å². The monoisotopic (exact) mass is 464 g/mol. The Morgan fingerprint density at radius 1 is 1.41 bits per heavy atom. The number of fused-ring (bicyclic) bond motifs is 1. The number of hydroxylamine groups is 1. The Morgan fingerprint density at radius 2 is 2.12 bits per heavy atom. The first kappa shape index (κ1) is 23.8. The molecule has 1 fully saturated rings. The summed E-state index contributed by atoms with van der Waals surface area (Å²) in [5, 5.41) is 8.90. The minimum absolute atomic E-state index is 0.00949. The largest absolute Gasteiger partial charge is 0.328 e. The second-order valence-electron chi connectivity index (χ2n) is 8.28. The standard InChI is InChI=1S/C21H25FN4O5S/c1-21(19(27)23-29,32(3,30)31)8-9-25-14-17-10-15(12-26(17)20(25)28)6-4-5-7-16-13-24(2)18(16)11-22/h10,12,16,18,29H,8-9,11,13-14H2,1-3H3,(H,23,27)/t16-,18+,21+/m0/s1. The average Bonchev–Trinajstić information content (AvgIpc) is 3.25. The third kappa shape index (κ3) is 4.37. The molecule has 2 amide bonds. The predicted octanol–water partition coefficient (Wildman–Crippen LogP) is 0.225. The van der Waals surface area contributed by atoms with Gasteiger partial charge in [0.1, 0.15) is 6.67 Å². The number of hydrogen-bond acceptors (Lipinski definition) is 6. The number of carbonyl (C=O) groups excluding carboxylic acids is 2. The summed E-state index contributed by atoms with van der Waals surface area (Å²) in [5.41, 5.74) is 2.68. The maximum Gasteiger partial charge on any atom is 0.328 e. The Balaban J connectivity index is 1.63. The molecule has 0 aliphatic carbocycles. The van der Waals surface area contributed by atoms with Gasteiger partial charge < -0.3 is 4.90 Å². The Morgan fingerprint density at radius 3 is 2.69 bits per heavy atom. The molecule has 0 radical (unpaired) electrons. The van der Waals surface area contributed by atoms with Crippen LogP contribution in [0.3, 0.4) is 0 Å². The van der Waals surface area contributed by atoms with E-state index in [0.29, 0.717) is 17.8 Å². The first-order valence-electron chi connectivity index (χ1n) is 9.94. The highest BCUT2D eigenvalue weighted by Crippen LogP contribution is 2.25. The molecule has 2 aliphatic heterocycles. The van der Waals surface area contributed by atoms with Gasteiger partial charge in [-0.25, -0.2) is 23.1 Å². The SMILES string of the molecule is CN1C[C@H](C#CC#Cc2cc3n(c2)C(=O)N(CC[C@](C)(C(=O)NO)S(C)(=O)=O)C3)[C@H]1CF. The molecule has 9 nitrogen and oxygen atoms in total. The lowest BCUT2D eigenvalue weighted by molar-refractivity contribution is -0.131. The van der Waals surface area contributed by atoms with E-state index in [1.165, 1.54) is 21.9 Å². The van der Waals surface area contributed by atoms with Gasteiger partial charge >= 0.3 is 6.03 Å². The van der Waals surface area contributed by atoms with E-state index in [1.54, 1.807) is 12.3 Å². The van der Waals surface area contributed by atoms with Crippen LogP contribution in [0.4, 0.5) is 9.18 Å². The number of carbonyl (C=O) groups is 2. The number of sulfone groups is 1. The van der Waals surface area contributed by atoms with E-state index >= 15 is 0 Å². The molecule has 11 heteroatoms. The number of rotatable bonds is 6. The average molecular weight is 465 g/mol. The van der Waals surface area contributed by atoms with Crippen molar-refractivity contribution in [2.24, 2.45) is 5.92 Å². The number of halogens is 1. The fraction of sp³-hybridized carbons (Fsp3) is 0.524. The van der Waals surface area contributed by atoms with E-state index in [1.807, 2.05) is 11.9 Å². The number of amides is 2. The van der Waals surface area contributed by atoms with Crippen LogP contribution in [-0.4, -0.2) is 83.8 Å². The molecular formula is C21H25FN4O5S. The summed E-state index contributed by atoms with van der Waals surface area (Å²) >= 11 is 0. The van der Waals surface area contributed by atoms with Crippen molar-refractivity contribution in [2.45, 2.75) is 30.7 Å². The van der Waals surface area contributed by atoms with E-state index in [9.17, 15) is 22.4 Å². The summed E-state index contributed by atoms with van der Waals surface area (Å²) in [6.45, 7) is 1.73. The minimum atomic E-state index is -3.84. The van der Waals surface area contributed by atoms with Crippen molar-refractivity contribution >= 4 is 21.8 Å². The zero-order chi connectivity index (χ0) is 23.7. The van der Waals surface area contributed by atoms with Crippen LogP contribution in [0.1, 0.15) is 24.6 Å². The molecule has 1 saturated heterocycles. The van der Waals surface area contributed by atoms with Crippen LogP contribution in [-0.2, 0) is 21.2 Å². The topological polar surface area (TPSA) is 112 Å². The lowest BCUT2D eigenvalue weighted by atomic mass is 9.91. The molecule has 3 heterocycles. The van der Waals surface area contributed by atoms with Crippen LogP contribution in [0, 0.1) is 29.6 Å². The quantitative estimate of drug-likeness (QED) is 0.354. The molecule has 172 valence electrons. The van der Waals surface area contributed by atoms with Gasteiger partial charge in [0.2, 0.25) is 0 Å². The third-order valence-corrected chi connectivity index (χ3v) is 8.21. The number of likely N-dealkylation sites (tertiary alicyclic amines) is 1. The zero-order valence-electron chi connectivity index (χ0n) is 18.1. The molecule has 2 aliphatic rings. The van der Waals surface area contributed by atoms with Crippen molar-refractivity contribution in [1.82, 2.24) is 19.8 Å². The van der Waals surface area contributed by atoms with E-state index in [0.717, 1.165) is 6.26 Å². The van der Waals surface area contributed by atoms with E-state index in [-0.39, 0.29) is 37.5 Å². The molecule has 3 rings (SSSR count). The lowest BCUT2D eigenvalue weighted by Gasteiger charge is -2.41. The maximum atomic E-state index is 12.9.